The molecule has 30 heavy (non-hydrogen) atoms. The van der Waals surface area contributed by atoms with Crippen molar-refractivity contribution in [3.8, 4) is 0 Å². The van der Waals surface area contributed by atoms with Gasteiger partial charge in [-0.05, 0) is 25.2 Å². The van der Waals surface area contributed by atoms with E-state index >= 15 is 0 Å². The molecular formula is C22H28N2O6. The molecule has 0 saturated carbocycles. The highest BCUT2D eigenvalue weighted by atomic mass is 16.6. The lowest BCUT2D eigenvalue weighted by atomic mass is 10.1. The van der Waals surface area contributed by atoms with Gasteiger partial charge in [0.25, 0.3) is 0 Å². The number of esters is 2. The molecule has 0 aliphatic rings. The second-order valence-electron chi connectivity index (χ2n) is 6.69. The first-order chi connectivity index (χ1) is 14.4. The molecule has 8 nitrogen and oxygen atoms in total. The predicted octanol–water partition coefficient (Wildman–Crippen LogP) is 1.41. The lowest BCUT2D eigenvalue weighted by molar-refractivity contribution is -0.177. The fourth-order valence-electron chi connectivity index (χ4n) is 2.83. The van der Waals surface area contributed by atoms with Crippen molar-refractivity contribution in [2.24, 2.45) is 0 Å². The Kier molecular flexibility index (Phi) is 9.43. The Hall–Kier alpha value is -2.78. The number of nitrogens with one attached hydrogen (secondary N) is 2. The summed E-state index contributed by atoms with van der Waals surface area (Å²) >= 11 is 0. The van der Waals surface area contributed by atoms with Crippen molar-refractivity contribution in [2.75, 3.05) is 14.1 Å². The molecule has 0 heterocycles. The number of benzene rings is 2. The molecular weight excluding hydrogens is 388 g/mol. The van der Waals surface area contributed by atoms with Gasteiger partial charge in [0.15, 0.2) is 12.5 Å². The van der Waals surface area contributed by atoms with Gasteiger partial charge < -0.3 is 19.7 Å². The van der Waals surface area contributed by atoms with Crippen LogP contribution in [0.4, 0.5) is 0 Å². The summed E-state index contributed by atoms with van der Waals surface area (Å²) in [6.07, 6.45) is -3.41. The van der Waals surface area contributed by atoms with E-state index in [0.717, 1.165) is 0 Å². The maximum atomic E-state index is 12.1. The molecule has 0 bridgehead atoms. The van der Waals surface area contributed by atoms with Crippen molar-refractivity contribution in [3.05, 3.63) is 71.8 Å². The summed E-state index contributed by atoms with van der Waals surface area (Å²) in [5.41, 5.74) is 1.34. The summed E-state index contributed by atoms with van der Waals surface area (Å²) in [6.45, 7) is 0. The molecule has 0 fully saturated rings. The van der Waals surface area contributed by atoms with E-state index in [2.05, 4.69) is 10.6 Å². The van der Waals surface area contributed by atoms with Crippen molar-refractivity contribution < 1.29 is 29.3 Å². The second-order valence-corrected chi connectivity index (χ2v) is 6.69. The molecule has 0 spiro atoms. The van der Waals surface area contributed by atoms with Crippen LogP contribution < -0.4 is 10.6 Å². The number of aliphatic hydroxyl groups excluding tert-OH is 2. The first-order valence-electron chi connectivity index (χ1n) is 9.66. The summed E-state index contributed by atoms with van der Waals surface area (Å²) in [7, 11) is 3.10. The van der Waals surface area contributed by atoms with E-state index in [0.29, 0.717) is 11.1 Å². The largest absolute Gasteiger partial charge is 0.438 e. The number of ether oxygens (including phenoxy) is 2. The van der Waals surface area contributed by atoms with Crippen LogP contribution in [-0.4, -0.2) is 48.7 Å². The molecule has 4 atom stereocenters. The quantitative estimate of drug-likeness (QED) is 0.261. The highest BCUT2D eigenvalue weighted by molar-refractivity contribution is 6.29. The maximum Gasteiger partial charge on any atom is 0.419 e. The molecule has 2 rings (SSSR count). The zero-order chi connectivity index (χ0) is 21.9. The molecule has 162 valence electrons. The molecule has 4 N–H and O–H groups in total. The smallest absolute Gasteiger partial charge is 0.419 e. The van der Waals surface area contributed by atoms with Crippen LogP contribution >= 0.6 is 0 Å². The van der Waals surface area contributed by atoms with Gasteiger partial charge in [0.2, 0.25) is 0 Å². The van der Waals surface area contributed by atoms with Gasteiger partial charge in [-0.2, -0.15) is 0 Å². The lowest BCUT2D eigenvalue weighted by Gasteiger charge is -2.22. The molecule has 0 amide bonds. The average Bonchev–Trinajstić information content (AvgIpc) is 2.78. The summed E-state index contributed by atoms with van der Waals surface area (Å²) < 4.78 is 10.2. The number of hydrogen-bond donors (Lipinski definition) is 4. The number of hydrogen-bond acceptors (Lipinski definition) is 8. The Morgan fingerprint density at radius 3 is 1.37 bits per heavy atom. The Bertz CT molecular complexity index is 719. The van der Waals surface area contributed by atoms with E-state index in [1.54, 1.807) is 62.6 Å². The van der Waals surface area contributed by atoms with Crippen LogP contribution in [0.5, 0.6) is 0 Å². The Morgan fingerprint density at radius 1 is 0.733 bits per heavy atom. The molecule has 8 heteroatoms. The van der Waals surface area contributed by atoms with Crippen LogP contribution in [0, 0.1) is 0 Å². The van der Waals surface area contributed by atoms with Crippen LogP contribution in [-0.2, 0) is 19.1 Å². The second kappa shape index (κ2) is 12.0. The Morgan fingerprint density at radius 2 is 1.07 bits per heavy atom. The van der Waals surface area contributed by atoms with Crippen molar-refractivity contribution in [1.29, 1.82) is 0 Å². The summed E-state index contributed by atoms with van der Waals surface area (Å²) in [5, 5.41) is 26.0. The summed E-state index contributed by atoms with van der Waals surface area (Å²) in [5.74, 6) is -2.38. The Labute approximate surface area is 175 Å². The first-order valence-corrected chi connectivity index (χ1v) is 9.66. The fraction of sp³-hybridized carbons (Fsp3) is 0.364. The van der Waals surface area contributed by atoms with E-state index in [1.165, 1.54) is 0 Å². The van der Waals surface area contributed by atoms with Crippen LogP contribution in [0.25, 0.3) is 0 Å². The number of carbonyl (C=O) groups is 2. The van der Waals surface area contributed by atoms with Gasteiger partial charge in [0.1, 0.15) is 0 Å². The number of aliphatic hydroxyl groups is 2. The minimum absolute atomic E-state index is 0.0573. The minimum Gasteiger partial charge on any atom is -0.438 e. The van der Waals surface area contributed by atoms with Gasteiger partial charge in [-0.15, -0.1) is 0 Å². The van der Waals surface area contributed by atoms with E-state index in [9.17, 15) is 19.8 Å². The van der Waals surface area contributed by atoms with Gasteiger partial charge >= 0.3 is 11.9 Å². The van der Waals surface area contributed by atoms with Crippen molar-refractivity contribution in [2.45, 2.75) is 37.5 Å². The Balaban J connectivity index is 1.87. The van der Waals surface area contributed by atoms with Crippen LogP contribution in [0.2, 0.25) is 0 Å². The van der Waals surface area contributed by atoms with Crippen LogP contribution in [0.15, 0.2) is 60.7 Å². The minimum atomic E-state index is -1.19. The highest BCUT2D eigenvalue weighted by Crippen LogP contribution is 2.20. The molecule has 2 unspecified atom stereocenters. The third-order valence-corrected chi connectivity index (χ3v) is 4.55. The topological polar surface area (TPSA) is 117 Å². The summed E-state index contributed by atoms with van der Waals surface area (Å²) in [4.78, 5) is 24.3. The van der Waals surface area contributed by atoms with Crippen molar-refractivity contribution >= 4 is 11.9 Å². The predicted molar refractivity (Wildman–Crippen MR) is 110 cm³/mol. The van der Waals surface area contributed by atoms with E-state index in [4.69, 9.17) is 9.47 Å². The third kappa shape index (κ3) is 7.23. The van der Waals surface area contributed by atoms with E-state index in [-0.39, 0.29) is 12.8 Å². The molecule has 0 aromatic heterocycles. The summed E-state index contributed by atoms with van der Waals surface area (Å²) in [6, 6.07) is 17.8. The zero-order valence-electron chi connectivity index (χ0n) is 17.0. The standard InChI is InChI=1S/C22H28N2O6/c1-23-19(13-17(25)15-9-5-3-6-10-15)29-21(27)22(28)30-20(24-2)14-18(26)16-11-7-4-8-12-16/h3-12,17-20,23-26H,13-14H2,1-2H3/t17-,18-,19?,20?/m1/s1. The monoisotopic (exact) mass is 416 g/mol. The molecule has 0 saturated heterocycles. The number of rotatable bonds is 10. The van der Waals surface area contributed by atoms with Crippen molar-refractivity contribution in [1.82, 2.24) is 10.6 Å². The van der Waals surface area contributed by atoms with Crippen LogP contribution in [0.3, 0.4) is 0 Å². The molecule has 0 aliphatic heterocycles. The zero-order valence-corrected chi connectivity index (χ0v) is 17.0. The number of carbonyl (C=O) groups excluding carboxylic acids is 2. The third-order valence-electron chi connectivity index (χ3n) is 4.55. The molecule has 0 aliphatic carbocycles. The van der Waals surface area contributed by atoms with Crippen molar-refractivity contribution in [3.63, 3.8) is 0 Å². The van der Waals surface area contributed by atoms with Gasteiger partial charge in [-0.1, -0.05) is 60.7 Å². The lowest BCUT2D eigenvalue weighted by Crippen LogP contribution is -2.39. The van der Waals surface area contributed by atoms with Crippen LogP contribution in [0.1, 0.15) is 36.2 Å². The van der Waals surface area contributed by atoms with Gasteiger partial charge in [-0.3, -0.25) is 10.6 Å². The van der Waals surface area contributed by atoms with E-state index < -0.39 is 36.6 Å². The fourth-order valence-corrected chi connectivity index (χ4v) is 2.83. The first kappa shape index (κ1) is 23.5. The average molecular weight is 416 g/mol. The molecule has 2 aromatic carbocycles. The van der Waals surface area contributed by atoms with Gasteiger partial charge in [0, 0.05) is 12.8 Å². The van der Waals surface area contributed by atoms with E-state index in [1.807, 2.05) is 12.1 Å². The maximum absolute atomic E-state index is 12.1. The highest BCUT2D eigenvalue weighted by Gasteiger charge is 2.27. The van der Waals surface area contributed by atoms with Gasteiger partial charge in [-0.25, -0.2) is 9.59 Å². The SMILES string of the molecule is CNC(C[C@@H](O)c1ccccc1)OC(=O)C(=O)OC(C[C@@H](O)c1ccccc1)NC. The van der Waals surface area contributed by atoms with Gasteiger partial charge in [0.05, 0.1) is 12.2 Å². The normalized spacial score (nSPS) is 14.9. The molecule has 2 aromatic rings. The molecule has 0 radical (unpaired) electrons.